The van der Waals surface area contributed by atoms with E-state index < -0.39 is 5.60 Å². The quantitative estimate of drug-likeness (QED) is 0.754. The van der Waals surface area contributed by atoms with E-state index in [1.165, 1.54) is 24.0 Å². The summed E-state index contributed by atoms with van der Waals surface area (Å²) < 4.78 is 2.01. The fraction of sp³-hybridized carbons (Fsp3) is 0.654. The summed E-state index contributed by atoms with van der Waals surface area (Å²) in [7, 11) is 2.02. The summed E-state index contributed by atoms with van der Waals surface area (Å²) in [5, 5.41) is 22.9. The molecule has 2 N–H and O–H groups in total. The van der Waals surface area contributed by atoms with E-state index in [4.69, 9.17) is 0 Å². The Bertz CT molecular complexity index is 1000. The molecule has 6 nitrogen and oxygen atoms in total. The molecule has 2 aliphatic heterocycles. The summed E-state index contributed by atoms with van der Waals surface area (Å²) in [6.45, 7) is 5.09. The highest BCUT2D eigenvalue weighted by molar-refractivity contribution is 5.48. The van der Waals surface area contributed by atoms with Gasteiger partial charge in [0.25, 0.3) is 0 Å². The lowest BCUT2D eigenvalue weighted by molar-refractivity contribution is -0.149. The normalized spacial score (nSPS) is 32.9. The third-order valence-electron chi connectivity index (χ3n) is 8.96. The van der Waals surface area contributed by atoms with Gasteiger partial charge in [-0.05, 0) is 80.8 Å². The number of benzene rings is 1. The van der Waals surface area contributed by atoms with E-state index in [2.05, 4.69) is 27.0 Å². The van der Waals surface area contributed by atoms with Gasteiger partial charge in [0.2, 0.25) is 0 Å². The smallest absolute Gasteiger partial charge is 0.115 e. The van der Waals surface area contributed by atoms with Crippen LogP contribution in [0.25, 0.3) is 0 Å². The Kier molecular flexibility index (Phi) is 4.90. The van der Waals surface area contributed by atoms with Crippen molar-refractivity contribution in [2.24, 2.45) is 13.0 Å². The van der Waals surface area contributed by atoms with Gasteiger partial charge in [0.05, 0.1) is 17.6 Å². The second-order valence-corrected chi connectivity index (χ2v) is 10.9. The van der Waals surface area contributed by atoms with Crippen molar-refractivity contribution in [2.75, 3.05) is 32.7 Å². The Labute approximate surface area is 190 Å². The molecule has 6 heteroatoms. The van der Waals surface area contributed by atoms with Crippen LogP contribution < -0.4 is 0 Å². The minimum atomic E-state index is -0.735. The highest BCUT2D eigenvalue weighted by atomic mass is 16.3. The molecule has 4 aliphatic rings. The van der Waals surface area contributed by atoms with Crippen LogP contribution in [-0.4, -0.2) is 73.9 Å². The molecule has 1 saturated carbocycles. The zero-order valence-electron chi connectivity index (χ0n) is 19.2. The number of hydrogen-bond acceptors (Lipinski definition) is 5. The van der Waals surface area contributed by atoms with E-state index in [9.17, 15) is 10.2 Å². The number of phenols is 1. The third-order valence-corrected chi connectivity index (χ3v) is 8.96. The number of rotatable bonds is 5. The molecule has 172 valence electrons. The lowest BCUT2D eigenvalue weighted by atomic mass is 9.52. The number of fused-ring (bicyclic) bond motifs is 1. The van der Waals surface area contributed by atoms with Gasteiger partial charge in [-0.1, -0.05) is 6.07 Å². The van der Waals surface area contributed by atoms with Crippen LogP contribution in [0.3, 0.4) is 0 Å². The number of hydrogen-bond donors (Lipinski definition) is 2. The molecular weight excluding hydrogens is 400 g/mol. The van der Waals surface area contributed by atoms with E-state index in [1.54, 1.807) is 0 Å². The number of aromatic hydroxyl groups is 1. The number of piperidine rings is 1. The van der Waals surface area contributed by atoms with Gasteiger partial charge in [-0.2, -0.15) is 0 Å². The Morgan fingerprint density at radius 1 is 1.12 bits per heavy atom. The van der Waals surface area contributed by atoms with Crippen molar-refractivity contribution in [3.05, 3.63) is 47.5 Å². The summed E-state index contributed by atoms with van der Waals surface area (Å²) in [4.78, 5) is 9.65. The summed E-state index contributed by atoms with van der Waals surface area (Å²) in [5.74, 6) is 1.16. The molecule has 32 heavy (non-hydrogen) atoms. The molecule has 2 saturated heterocycles. The molecule has 0 amide bonds. The van der Waals surface area contributed by atoms with Gasteiger partial charge in [0.15, 0.2) is 0 Å². The van der Waals surface area contributed by atoms with Crippen LogP contribution in [0.1, 0.15) is 48.9 Å². The van der Waals surface area contributed by atoms with E-state index >= 15 is 0 Å². The van der Waals surface area contributed by atoms with Gasteiger partial charge < -0.3 is 19.7 Å². The standard InChI is InChI=1S/C26H36N4O2/c1-28-17-21(27-18-28)6-10-29-11-7-25-8-13-30(16-19-2-3-19)24(26(25,32)9-12-29)14-20-4-5-22(31)15-23(20)25/h4-5,15,17-19,24,31-32H,2-3,6-14,16H2,1H3. The number of aromatic nitrogens is 2. The molecule has 2 aromatic rings. The second kappa shape index (κ2) is 7.57. The summed E-state index contributed by atoms with van der Waals surface area (Å²) in [6, 6.07) is 6.10. The molecule has 0 spiro atoms. The van der Waals surface area contributed by atoms with E-state index in [-0.39, 0.29) is 11.5 Å². The highest BCUT2D eigenvalue weighted by Gasteiger charge is 2.63. The molecule has 1 aromatic heterocycles. The van der Waals surface area contributed by atoms with Gasteiger partial charge in [0, 0.05) is 50.8 Å². The average molecular weight is 437 g/mol. The van der Waals surface area contributed by atoms with Crippen molar-refractivity contribution >= 4 is 0 Å². The molecule has 6 rings (SSSR count). The van der Waals surface area contributed by atoms with Crippen molar-refractivity contribution in [3.63, 3.8) is 0 Å². The number of phenolic OH excluding ortho intramolecular Hbond substituents is 1. The van der Waals surface area contributed by atoms with Crippen LogP contribution in [0.5, 0.6) is 5.75 Å². The third kappa shape index (κ3) is 3.30. The number of aliphatic hydroxyl groups is 1. The van der Waals surface area contributed by atoms with Crippen molar-refractivity contribution in [2.45, 2.75) is 62.0 Å². The summed E-state index contributed by atoms with van der Waals surface area (Å²) >= 11 is 0. The number of likely N-dealkylation sites (tertiary alicyclic amines) is 2. The van der Waals surface area contributed by atoms with Crippen LogP contribution in [-0.2, 0) is 25.3 Å². The largest absolute Gasteiger partial charge is 0.508 e. The Morgan fingerprint density at radius 3 is 2.72 bits per heavy atom. The lowest BCUT2D eigenvalue weighted by Gasteiger charge is -2.61. The van der Waals surface area contributed by atoms with Crippen molar-refractivity contribution in [1.82, 2.24) is 19.4 Å². The Morgan fingerprint density at radius 2 is 1.94 bits per heavy atom. The molecule has 0 radical (unpaired) electrons. The molecule has 2 aliphatic carbocycles. The zero-order chi connectivity index (χ0) is 21.9. The zero-order valence-corrected chi connectivity index (χ0v) is 19.2. The number of aryl methyl sites for hydroxylation is 1. The fourth-order valence-electron chi connectivity index (χ4n) is 7.00. The first-order valence-corrected chi connectivity index (χ1v) is 12.4. The SMILES string of the molecule is Cn1cnc(CCN2CCC34CCN(CC5CC5)C(Cc5ccc(O)cc53)C4(O)CC2)c1. The topological polar surface area (TPSA) is 64.8 Å². The van der Waals surface area contributed by atoms with Gasteiger partial charge in [-0.25, -0.2) is 4.98 Å². The van der Waals surface area contributed by atoms with Gasteiger partial charge in [-0.15, -0.1) is 0 Å². The molecule has 3 atom stereocenters. The van der Waals surface area contributed by atoms with Crippen LogP contribution >= 0.6 is 0 Å². The predicted molar refractivity (Wildman–Crippen MR) is 124 cm³/mol. The maximum absolute atomic E-state index is 12.5. The first-order chi connectivity index (χ1) is 15.5. The van der Waals surface area contributed by atoms with E-state index in [0.29, 0.717) is 5.75 Å². The van der Waals surface area contributed by atoms with Crippen LogP contribution in [0.2, 0.25) is 0 Å². The average Bonchev–Trinajstić information content (AvgIpc) is 3.52. The predicted octanol–water partition coefficient (Wildman–Crippen LogP) is 2.47. The van der Waals surface area contributed by atoms with E-state index in [1.807, 2.05) is 30.1 Å². The minimum absolute atomic E-state index is 0.185. The van der Waals surface area contributed by atoms with E-state index in [0.717, 1.165) is 76.4 Å². The Balaban J connectivity index is 1.31. The maximum Gasteiger partial charge on any atom is 0.115 e. The monoisotopic (exact) mass is 436 g/mol. The summed E-state index contributed by atoms with van der Waals surface area (Å²) in [5.41, 5.74) is 2.69. The molecule has 3 heterocycles. The van der Waals surface area contributed by atoms with Gasteiger partial charge in [0.1, 0.15) is 5.75 Å². The fourth-order valence-corrected chi connectivity index (χ4v) is 7.00. The summed E-state index contributed by atoms with van der Waals surface area (Å²) in [6.07, 6.45) is 11.2. The highest BCUT2D eigenvalue weighted by Crippen LogP contribution is 2.56. The Hall–Kier alpha value is -1.89. The van der Waals surface area contributed by atoms with Gasteiger partial charge >= 0.3 is 0 Å². The first-order valence-electron chi connectivity index (χ1n) is 12.4. The first kappa shape index (κ1) is 20.7. The minimum Gasteiger partial charge on any atom is -0.508 e. The van der Waals surface area contributed by atoms with Crippen molar-refractivity contribution in [1.29, 1.82) is 0 Å². The number of imidazole rings is 1. The van der Waals surface area contributed by atoms with Crippen LogP contribution in [0, 0.1) is 5.92 Å². The molecule has 1 aromatic carbocycles. The molecular formula is C26H36N4O2. The van der Waals surface area contributed by atoms with Crippen molar-refractivity contribution in [3.8, 4) is 5.75 Å². The lowest BCUT2D eigenvalue weighted by Crippen LogP contribution is -2.71. The van der Waals surface area contributed by atoms with Crippen molar-refractivity contribution < 1.29 is 10.2 Å². The van der Waals surface area contributed by atoms with Crippen LogP contribution in [0.15, 0.2) is 30.7 Å². The second-order valence-electron chi connectivity index (χ2n) is 10.9. The molecule has 2 bridgehead atoms. The maximum atomic E-state index is 12.5. The molecule has 3 fully saturated rings. The van der Waals surface area contributed by atoms with Gasteiger partial charge in [-0.3, -0.25) is 4.90 Å². The van der Waals surface area contributed by atoms with Crippen LogP contribution in [0.4, 0.5) is 0 Å². The number of nitrogens with zero attached hydrogens (tertiary/aromatic N) is 4. The molecule has 3 unspecified atom stereocenters.